The number of halogens is 1. The van der Waals surface area contributed by atoms with Gasteiger partial charge in [-0.2, -0.15) is 0 Å². The van der Waals surface area contributed by atoms with Gasteiger partial charge in [0.2, 0.25) is 0 Å². The number of hydrogen-bond donors (Lipinski definition) is 0. The summed E-state index contributed by atoms with van der Waals surface area (Å²) in [5.74, 6) is 0.815. The Hall–Kier alpha value is -1.89. The normalized spacial score (nSPS) is 20.2. The molecule has 4 nitrogen and oxygen atoms in total. The molecule has 6 heteroatoms. The zero-order chi connectivity index (χ0) is 20.1. The first-order chi connectivity index (χ1) is 14.2. The standard InChI is InChI=1S/C23H27FN2O2S/c24-21-9-3-1-6-18(21)16-25-11-13-26(14-12-25)23(27)20-8-2-4-10-22(20)29-17-19-7-5-15-28-19/h1-4,6,8-10,19H,5,7,11-17H2. The van der Waals surface area contributed by atoms with E-state index in [-0.39, 0.29) is 11.7 Å². The third-order valence-corrected chi connectivity index (χ3v) is 6.78. The molecule has 154 valence electrons. The summed E-state index contributed by atoms with van der Waals surface area (Å²) in [4.78, 5) is 18.3. The molecule has 4 rings (SSSR count). The van der Waals surface area contributed by atoms with Crippen molar-refractivity contribution >= 4 is 17.7 Å². The molecule has 2 aromatic rings. The monoisotopic (exact) mass is 414 g/mol. The van der Waals surface area contributed by atoms with Gasteiger partial charge >= 0.3 is 0 Å². The molecule has 0 spiro atoms. The molecule has 0 saturated carbocycles. The van der Waals surface area contributed by atoms with E-state index in [0.717, 1.165) is 48.7 Å². The van der Waals surface area contributed by atoms with Crippen LogP contribution in [0.15, 0.2) is 53.4 Å². The average molecular weight is 415 g/mol. The largest absolute Gasteiger partial charge is 0.377 e. The van der Waals surface area contributed by atoms with Crippen LogP contribution in [-0.4, -0.2) is 60.3 Å². The second-order valence-electron chi connectivity index (χ2n) is 7.60. The Bertz CT molecular complexity index is 833. The van der Waals surface area contributed by atoms with Crippen molar-refractivity contribution in [1.82, 2.24) is 9.80 Å². The van der Waals surface area contributed by atoms with E-state index >= 15 is 0 Å². The maximum Gasteiger partial charge on any atom is 0.255 e. The van der Waals surface area contributed by atoms with E-state index in [4.69, 9.17) is 4.74 Å². The average Bonchev–Trinajstić information content (AvgIpc) is 3.28. The van der Waals surface area contributed by atoms with E-state index in [1.165, 1.54) is 6.07 Å². The molecule has 0 bridgehead atoms. The van der Waals surface area contributed by atoms with Crippen LogP contribution in [0.4, 0.5) is 4.39 Å². The minimum Gasteiger partial charge on any atom is -0.377 e. The maximum atomic E-state index is 13.9. The molecular formula is C23H27FN2O2S. The summed E-state index contributed by atoms with van der Waals surface area (Å²) in [7, 11) is 0. The number of carbonyl (C=O) groups is 1. The Morgan fingerprint density at radius 2 is 1.83 bits per heavy atom. The summed E-state index contributed by atoms with van der Waals surface area (Å²) in [6, 6.07) is 14.8. The Kier molecular flexibility index (Phi) is 6.85. The van der Waals surface area contributed by atoms with Crippen LogP contribution in [0.2, 0.25) is 0 Å². The van der Waals surface area contributed by atoms with Gasteiger partial charge in [-0.25, -0.2) is 4.39 Å². The van der Waals surface area contributed by atoms with Crippen LogP contribution in [0, 0.1) is 5.82 Å². The van der Waals surface area contributed by atoms with Crippen LogP contribution >= 0.6 is 11.8 Å². The number of amides is 1. The van der Waals surface area contributed by atoms with Crippen molar-refractivity contribution in [3.63, 3.8) is 0 Å². The van der Waals surface area contributed by atoms with E-state index < -0.39 is 0 Å². The molecule has 2 aliphatic heterocycles. The summed E-state index contributed by atoms with van der Waals surface area (Å²) in [6.45, 7) is 4.28. The highest BCUT2D eigenvalue weighted by Crippen LogP contribution is 2.28. The van der Waals surface area contributed by atoms with Crippen LogP contribution in [0.25, 0.3) is 0 Å². The second-order valence-corrected chi connectivity index (χ2v) is 8.66. The number of carbonyl (C=O) groups excluding carboxylic acids is 1. The van der Waals surface area contributed by atoms with Crippen LogP contribution in [0.5, 0.6) is 0 Å². The molecule has 0 radical (unpaired) electrons. The minimum atomic E-state index is -0.164. The highest BCUT2D eigenvalue weighted by Gasteiger charge is 2.25. The molecule has 1 amide bonds. The summed E-state index contributed by atoms with van der Waals surface area (Å²) in [6.07, 6.45) is 2.53. The first kappa shape index (κ1) is 20.4. The molecule has 2 heterocycles. The Morgan fingerprint density at radius 1 is 1.07 bits per heavy atom. The molecule has 1 unspecified atom stereocenters. The smallest absolute Gasteiger partial charge is 0.255 e. The zero-order valence-electron chi connectivity index (χ0n) is 16.6. The number of thioether (sulfide) groups is 1. The number of ether oxygens (including phenoxy) is 1. The van der Waals surface area contributed by atoms with E-state index in [0.29, 0.717) is 31.3 Å². The predicted octanol–water partition coefficient (Wildman–Crippen LogP) is 4.05. The SMILES string of the molecule is O=C(c1ccccc1SCC1CCCO1)N1CCN(Cc2ccccc2F)CC1. The fourth-order valence-corrected chi connectivity index (χ4v) is 4.99. The summed E-state index contributed by atoms with van der Waals surface area (Å²) in [5.41, 5.74) is 1.49. The fraction of sp³-hybridized carbons (Fsp3) is 0.435. The Morgan fingerprint density at radius 3 is 2.59 bits per heavy atom. The third kappa shape index (κ3) is 5.18. The van der Waals surface area contributed by atoms with Gasteiger partial charge in [-0.05, 0) is 31.0 Å². The molecular weight excluding hydrogens is 387 g/mol. The first-order valence-electron chi connectivity index (χ1n) is 10.3. The van der Waals surface area contributed by atoms with Gasteiger partial charge < -0.3 is 9.64 Å². The van der Waals surface area contributed by atoms with Crippen molar-refractivity contribution < 1.29 is 13.9 Å². The summed E-state index contributed by atoms with van der Waals surface area (Å²) < 4.78 is 19.6. The van der Waals surface area contributed by atoms with Crippen LogP contribution in [0.1, 0.15) is 28.8 Å². The lowest BCUT2D eigenvalue weighted by Gasteiger charge is -2.35. The summed E-state index contributed by atoms with van der Waals surface area (Å²) in [5, 5.41) is 0. The van der Waals surface area contributed by atoms with Crippen LogP contribution < -0.4 is 0 Å². The van der Waals surface area contributed by atoms with Crippen LogP contribution in [0.3, 0.4) is 0 Å². The number of nitrogens with zero attached hydrogens (tertiary/aromatic N) is 2. The van der Waals surface area contributed by atoms with Gasteiger partial charge in [0, 0.05) is 55.5 Å². The van der Waals surface area contributed by atoms with Crippen molar-refractivity contribution in [1.29, 1.82) is 0 Å². The lowest BCUT2D eigenvalue weighted by molar-refractivity contribution is 0.0623. The first-order valence-corrected chi connectivity index (χ1v) is 11.3. The number of hydrogen-bond acceptors (Lipinski definition) is 4. The van der Waals surface area contributed by atoms with Gasteiger partial charge in [0.25, 0.3) is 5.91 Å². The third-order valence-electron chi connectivity index (χ3n) is 5.58. The van der Waals surface area contributed by atoms with Crippen molar-refractivity contribution in [2.45, 2.75) is 30.4 Å². The van der Waals surface area contributed by atoms with Gasteiger partial charge in [0.1, 0.15) is 5.82 Å². The second kappa shape index (κ2) is 9.74. The fourth-order valence-electron chi connectivity index (χ4n) is 3.87. The van der Waals surface area contributed by atoms with Gasteiger partial charge in [0.05, 0.1) is 11.7 Å². The number of piperazine rings is 1. The van der Waals surface area contributed by atoms with Gasteiger partial charge in [-0.15, -0.1) is 11.8 Å². The molecule has 29 heavy (non-hydrogen) atoms. The lowest BCUT2D eigenvalue weighted by Crippen LogP contribution is -2.48. The van der Waals surface area contributed by atoms with Gasteiger partial charge in [-0.1, -0.05) is 30.3 Å². The van der Waals surface area contributed by atoms with Crippen LogP contribution in [-0.2, 0) is 11.3 Å². The van der Waals surface area contributed by atoms with Gasteiger partial charge in [-0.3, -0.25) is 9.69 Å². The molecule has 0 N–H and O–H groups in total. The summed E-state index contributed by atoms with van der Waals surface area (Å²) >= 11 is 1.72. The highest BCUT2D eigenvalue weighted by molar-refractivity contribution is 7.99. The number of benzene rings is 2. The minimum absolute atomic E-state index is 0.0889. The lowest BCUT2D eigenvalue weighted by atomic mass is 10.1. The van der Waals surface area contributed by atoms with E-state index in [2.05, 4.69) is 4.90 Å². The topological polar surface area (TPSA) is 32.8 Å². The van der Waals surface area contributed by atoms with Gasteiger partial charge in [0.15, 0.2) is 0 Å². The van der Waals surface area contributed by atoms with Crippen molar-refractivity contribution in [2.75, 3.05) is 38.5 Å². The van der Waals surface area contributed by atoms with E-state index in [1.807, 2.05) is 41.3 Å². The molecule has 2 saturated heterocycles. The highest BCUT2D eigenvalue weighted by atomic mass is 32.2. The Balaban J connectivity index is 1.34. The van der Waals surface area contributed by atoms with E-state index in [9.17, 15) is 9.18 Å². The maximum absolute atomic E-state index is 13.9. The quantitative estimate of drug-likeness (QED) is 0.668. The molecule has 2 aromatic carbocycles. The van der Waals surface area contributed by atoms with Crippen molar-refractivity contribution in [3.8, 4) is 0 Å². The Labute approximate surface area is 176 Å². The molecule has 0 aromatic heterocycles. The molecule has 2 aliphatic rings. The van der Waals surface area contributed by atoms with Crippen molar-refractivity contribution in [3.05, 3.63) is 65.5 Å². The predicted molar refractivity (Wildman–Crippen MR) is 114 cm³/mol. The van der Waals surface area contributed by atoms with Crippen molar-refractivity contribution in [2.24, 2.45) is 0 Å². The zero-order valence-corrected chi connectivity index (χ0v) is 17.4. The number of rotatable bonds is 6. The molecule has 0 aliphatic carbocycles. The molecule has 2 fully saturated rings. The van der Waals surface area contributed by atoms with E-state index in [1.54, 1.807) is 17.8 Å². The molecule has 1 atom stereocenters.